The fourth-order valence-corrected chi connectivity index (χ4v) is 12.2. The lowest BCUT2D eigenvalue weighted by Gasteiger charge is -2.02. The number of rotatable bonds is 6. The number of nitriles is 2. The van der Waals surface area contributed by atoms with E-state index in [1.54, 1.807) is 57.5 Å². The highest BCUT2D eigenvalue weighted by molar-refractivity contribution is 7.35. The highest BCUT2D eigenvalue weighted by atomic mass is 32.1. The van der Waals surface area contributed by atoms with E-state index in [-0.39, 0.29) is 11.4 Å². The zero-order chi connectivity index (χ0) is 29.0. The average molecular weight is 650 g/mol. The quantitative estimate of drug-likeness (QED) is 0.133. The second-order valence-corrected chi connectivity index (χ2v) is 15.8. The van der Waals surface area contributed by atoms with Gasteiger partial charge in [0.2, 0.25) is 0 Å². The molecule has 7 aromatic heterocycles. The molecule has 0 atom stereocenters. The summed E-state index contributed by atoms with van der Waals surface area (Å²) in [6, 6.07) is 17.2. The monoisotopic (exact) mass is 649 g/mol. The third-order valence-corrected chi connectivity index (χ3v) is 13.9. The second kappa shape index (κ2) is 10.7. The first-order chi connectivity index (χ1) is 20.5. The summed E-state index contributed by atoms with van der Waals surface area (Å²) in [6.45, 7) is 17.4. The molecule has 0 bridgehead atoms. The molecule has 0 N–H and O–H groups in total. The highest BCUT2D eigenvalue weighted by Gasteiger charge is 2.20. The van der Waals surface area contributed by atoms with E-state index >= 15 is 0 Å². The fourth-order valence-electron chi connectivity index (χ4n) is 4.87. The fraction of sp³-hybridized carbons (Fsp3) is 0.0968. The van der Waals surface area contributed by atoms with Crippen molar-refractivity contribution in [1.29, 1.82) is 10.5 Å². The summed E-state index contributed by atoms with van der Waals surface area (Å²) >= 11 is 10.5. The first kappa shape index (κ1) is 26.8. The van der Waals surface area contributed by atoms with Gasteiger partial charge in [0.25, 0.3) is 11.4 Å². The topological polar surface area (TPSA) is 61.2 Å². The second-order valence-electron chi connectivity index (χ2n) is 9.28. The molecule has 0 amide bonds. The lowest BCUT2D eigenvalue weighted by molar-refractivity contribution is 0.725. The Morgan fingerprint density at radius 3 is 1.50 bits per heavy atom. The lowest BCUT2D eigenvalue weighted by atomic mass is 10.3. The summed E-state index contributed by atoms with van der Waals surface area (Å²) < 4.78 is 9.83. The van der Waals surface area contributed by atoms with Gasteiger partial charge in [-0.3, -0.25) is 0 Å². The van der Waals surface area contributed by atoms with Gasteiger partial charge in [0, 0.05) is 54.6 Å². The van der Waals surface area contributed by atoms with E-state index in [2.05, 4.69) is 57.6 Å². The normalized spacial score (nSPS) is 12.3. The molecule has 0 unspecified atom stereocenters. The van der Waals surface area contributed by atoms with Crippen molar-refractivity contribution in [3.8, 4) is 31.6 Å². The number of aromatic nitrogens is 1. The molecule has 0 aliphatic rings. The Kier molecular flexibility index (Phi) is 6.81. The molecule has 42 heavy (non-hydrogen) atoms. The van der Waals surface area contributed by atoms with Crippen molar-refractivity contribution >= 4 is 119 Å². The molecule has 7 rings (SSSR count). The Morgan fingerprint density at radius 2 is 1.12 bits per heavy atom. The maximum atomic E-state index is 9.09. The van der Waals surface area contributed by atoms with Crippen LogP contribution in [0.4, 0.5) is 0 Å². The van der Waals surface area contributed by atoms with Crippen molar-refractivity contribution in [2.45, 2.75) is 19.9 Å². The number of allylic oxidation sites excluding steroid dienone is 2. The molecule has 11 heteroatoms. The molecule has 0 aliphatic heterocycles. The molecule has 5 nitrogen and oxygen atoms in total. The van der Waals surface area contributed by atoms with Crippen LogP contribution in [0, 0.1) is 35.8 Å². The smallest absolute Gasteiger partial charge is 0.263 e. The Bertz CT molecular complexity index is 2170. The van der Waals surface area contributed by atoms with Crippen molar-refractivity contribution < 1.29 is 0 Å². The van der Waals surface area contributed by atoms with Crippen LogP contribution in [-0.4, -0.2) is 4.57 Å². The summed E-state index contributed by atoms with van der Waals surface area (Å²) in [5.41, 5.74) is 2.79. The van der Waals surface area contributed by atoms with Gasteiger partial charge in [0.15, 0.2) is 0 Å². The summed E-state index contributed by atoms with van der Waals surface area (Å²) in [6.07, 6.45) is 4.38. The summed E-state index contributed by atoms with van der Waals surface area (Å²) in [4.78, 5) is 13.4. The zero-order valence-electron chi connectivity index (χ0n) is 21.7. The molecule has 0 radical (unpaired) electrons. The van der Waals surface area contributed by atoms with Gasteiger partial charge in [-0.1, -0.05) is 6.92 Å². The van der Waals surface area contributed by atoms with E-state index in [0.717, 1.165) is 22.7 Å². The number of aryl methyl sites for hydroxylation is 1. The van der Waals surface area contributed by atoms with Crippen molar-refractivity contribution in [2.75, 3.05) is 0 Å². The van der Waals surface area contributed by atoms with Gasteiger partial charge in [-0.25, -0.2) is 20.2 Å². The van der Waals surface area contributed by atoms with Crippen LogP contribution in [0.1, 0.15) is 23.1 Å². The van der Waals surface area contributed by atoms with E-state index in [0.29, 0.717) is 0 Å². The minimum atomic E-state index is 0.107. The van der Waals surface area contributed by atoms with E-state index in [4.69, 9.17) is 23.7 Å². The molecule has 0 saturated carbocycles. The minimum absolute atomic E-state index is 0.107. The van der Waals surface area contributed by atoms with Crippen molar-refractivity contribution in [1.82, 2.24) is 4.57 Å². The molecule has 7 aromatic rings. The van der Waals surface area contributed by atoms with Crippen LogP contribution < -0.4 is 0 Å². The number of nitrogens with zero attached hydrogens (tertiary/aromatic N) is 5. The van der Waals surface area contributed by atoms with Gasteiger partial charge in [-0.2, -0.15) is 0 Å². The molecule has 0 aromatic carbocycles. The van der Waals surface area contributed by atoms with Crippen LogP contribution >= 0.6 is 68.0 Å². The molecular weight excluding hydrogens is 635 g/mol. The molecule has 0 spiro atoms. The Labute approximate surface area is 264 Å². The summed E-state index contributed by atoms with van der Waals surface area (Å²) in [7, 11) is 0. The Morgan fingerprint density at radius 1 is 0.690 bits per heavy atom. The Balaban J connectivity index is 1.27. The van der Waals surface area contributed by atoms with Gasteiger partial charge < -0.3 is 4.57 Å². The molecule has 0 saturated heterocycles. The zero-order valence-corrected chi connectivity index (χ0v) is 26.6. The van der Waals surface area contributed by atoms with Gasteiger partial charge >= 0.3 is 0 Å². The lowest BCUT2D eigenvalue weighted by Crippen LogP contribution is -1.94. The summed E-state index contributed by atoms with van der Waals surface area (Å²) in [5, 5.41) is 18.2. The van der Waals surface area contributed by atoms with Crippen LogP contribution in [0.3, 0.4) is 0 Å². The van der Waals surface area contributed by atoms with Crippen LogP contribution in [0.5, 0.6) is 0 Å². The van der Waals surface area contributed by atoms with E-state index < -0.39 is 0 Å². The van der Waals surface area contributed by atoms with Crippen molar-refractivity contribution in [3.05, 3.63) is 80.4 Å². The SMILES string of the molecule is [C-]#[N+]/C(C#N)=C\c1cc2sc(-c3cc4c(s3)c3sc(-c5cc6sc(/C=C(\C#N)[N+]#[C-])cc6s5)cc3n4CCC)cc2s1. The van der Waals surface area contributed by atoms with Crippen molar-refractivity contribution in [3.63, 3.8) is 0 Å². The van der Waals surface area contributed by atoms with Crippen LogP contribution in [0.15, 0.2) is 47.8 Å². The van der Waals surface area contributed by atoms with Crippen LogP contribution in [0.2, 0.25) is 0 Å². The number of hydrogen-bond donors (Lipinski definition) is 0. The van der Waals surface area contributed by atoms with Gasteiger partial charge in [-0.05, 0) is 55.0 Å². The number of thiophene rings is 6. The predicted molar refractivity (Wildman–Crippen MR) is 183 cm³/mol. The van der Waals surface area contributed by atoms with Crippen LogP contribution in [-0.2, 0) is 6.54 Å². The maximum Gasteiger partial charge on any atom is 0.263 e. The Hall–Kier alpha value is -4.04. The highest BCUT2D eigenvalue weighted by Crippen LogP contribution is 2.49. The van der Waals surface area contributed by atoms with E-state index in [1.807, 2.05) is 34.8 Å². The third kappa shape index (κ3) is 4.49. The predicted octanol–water partition coefficient (Wildman–Crippen LogP) is 11.8. The summed E-state index contributed by atoms with van der Waals surface area (Å²) in [5.74, 6) is 0. The standard InChI is InChI=1S/C31H15N5S6/c1-4-5-36-20-10-24(28-12-26-22(39-28)8-18(37-26)6-16(14-32)34-2)41-30(20)31-21(36)11-25(42-31)29-13-27-23(40-29)9-19(38-27)7-17(15-33)35-3/h6-13H,4-5H2,1H3/b16-6-,17-7+. The maximum absolute atomic E-state index is 9.09. The van der Waals surface area contributed by atoms with Crippen LogP contribution in [0.25, 0.3) is 80.6 Å². The molecular formula is C31H15N5S6. The molecule has 7 heterocycles. The first-order valence-corrected chi connectivity index (χ1v) is 17.5. The average Bonchev–Trinajstić information content (AvgIpc) is 3.81. The first-order valence-electron chi connectivity index (χ1n) is 12.6. The largest absolute Gasteiger partial charge is 0.339 e. The van der Waals surface area contributed by atoms with Gasteiger partial charge in [0.05, 0.1) is 45.7 Å². The minimum Gasteiger partial charge on any atom is -0.339 e. The molecule has 0 aliphatic carbocycles. The van der Waals surface area contributed by atoms with E-state index in [1.165, 1.54) is 58.7 Å². The third-order valence-electron chi connectivity index (χ3n) is 6.63. The number of fused-ring (bicyclic) bond motifs is 5. The van der Waals surface area contributed by atoms with Gasteiger partial charge in [-0.15, -0.1) is 68.0 Å². The van der Waals surface area contributed by atoms with E-state index in [9.17, 15) is 0 Å². The molecule has 200 valence electrons. The van der Waals surface area contributed by atoms with Crippen molar-refractivity contribution in [2.24, 2.45) is 0 Å². The van der Waals surface area contributed by atoms with Gasteiger partial charge in [0.1, 0.15) is 0 Å². The molecule has 0 fully saturated rings. The number of hydrogen-bond acceptors (Lipinski definition) is 8.